The molecule has 0 saturated heterocycles. The first-order valence-electron chi connectivity index (χ1n) is 8.01. The number of unbranched alkanes of at least 4 members (excludes halogenated alkanes) is 1. The van der Waals surface area contributed by atoms with E-state index in [9.17, 15) is 0 Å². The molecule has 0 bridgehead atoms. The third-order valence-electron chi connectivity index (χ3n) is 3.61. The minimum Gasteiger partial charge on any atom is -0.330 e. The van der Waals surface area contributed by atoms with Gasteiger partial charge in [0.05, 0.1) is 5.01 Å². The predicted octanol–water partition coefficient (Wildman–Crippen LogP) is 5.60. The Labute approximate surface area is 141 Å². The maximum atomic E-state index is 4.88. The summed E-state index contributed by atoms with van der Waals surface area (Å²) in [5, 5.41) is 5.68. The molecule has 0 spiro atoms. The van der Waals surface area contributed by atoms with Gasteiger partial charge in [0.2, 0.25) is 0 Å². The molecule has 0 unspecified atom stereocenters. The first-order chi connectivity index (χ1) is 11.3. The first kappa shape index (κ1) is 15.7. The van der Waals surface area contributed by atoms with E-state index in [4.69, 9.17) is 4.98 Å². The summed E-state index contributed by atoms with van der Waals surface area (Å²) >= 11 is 1.73. The second-order valence-corrected chi connectivity index (χ2v) is 6.68. The van der Waals surface area contributed by atoms with E-state index < -0.39 is 0 Å². The number of benzene rings is 1. The molecule has 3 aromatic rings. The van der Waals surface area contributed by atoms with E-state index in [2.05, 4.69) is 48.4 Å². The molecule has 0 radical (unpaired) electrons. The van der Waals surface area contributed by atoms with Crippen molar-refractivity contribution in [3.8, 4) is 11.3 Å². The Morgan fingerprint density at radius 1 is 1.13 bits per heavy atom. The summed E-state index contributed by atoms with van der Waals surface area (Å²) in [7, 11) is 0. The van der Waals surface area contributed by atoms with Crippen LogP contribution in [0.3, 0.4) is 0 Å². The maximum absolute atomic E-state index is 4.88. The van der Waals surface area contributed by atoms with E-state index in [0.717, 1.165) is 28.5 Å². The summed E-state index contributed by atoms with van der Waals surface area (Å²) in [6.45, 7) is 4.32. The molecule has 2 heterocycles. The monoisotopic (exact) mass is 323 g/mol. The van der Waals surface area contributed by atoms with Gasteiger partial charge in [0.25, 0.3) is 0 Å². The molecule has 0 aliphatic rings. The standard InChI is InChI=1S/C19H21N3S/c1-3-4-11-17-22-18(15-9-7-8-14(2)13-15)19(23-17)21-16-10-5-6-12-20-16/h5-10,12-13H,3-4,11H2,1-2H3,(H,20,21). The summed E-state index contributed by atoms with van der Waals surface area (Å²) in [5.41, 5.74) is 3.42. The van der Waals surface area contributed by atoms with Gasteiger partial charge >= 0.3 is 0 Å². The topological polar surface area (TPSA) is 37.8 Å². The Hall–Kier alpha value is -2.20. The van der Waals surface area contributed by atoms with Gasteiger partial charge < -0.3 is 5.32 Å². The normalized spacial score (nSPS) is 10.7. The second-order valence-electron chi connectivity index (χ2n) is 5.60. The van der Waals surface area contributed by atoms with Gasteiger partial charge in [0.15, 0.2) is 0 Å². The van der Waals surface area contributed by atoms with Crippen LogP contribution in [0.15, 0.2) is 48.7 Å². The van der Waals surface area contributed by atoms with Gasteiger partial charge in [-0.25, -0.2) is 9.97 Å². The van der Waals surface area contributed by atoms with Crippen LogP contribution in [0.4, 0.5) is 10.8 Å². The third kappa shape index (κ3) is 3.96. The Kier molecular flexibility index (Phi) is 5.03. The summed E-state index contributed by atoms with van der Waals surface area (Å²) in [6, 6.07) is 14.4. The van der Waals surface area contributed by atoms with E-state index in [0.29, 0.717) is 0 Å². The zero-order chi connectivity index (χ0) is 16.1. The van der Waals surface area contributed by atoms with Gasteiger partial charge in [0.1, 0.15) is 16.5 Å². The van der Waals surface area contributed by atoms with Crippen LogP contribution >= 0.6 is 11.3 Å². The highest BCUT2D eigenvalue weighted by molar-refractivity contribution is 7.16. The van der Waals surface area contributed by atoms with Gasteiger partial charge in [-0.3, -0.25) is 0 Å². The molecule has 3 rings (SSSR count). The molecule has 0 amide bonds. The summed E-state index contributed by atoms with van der Waals surface area (Å²) < 4.78 is 0. The molecule has 118 valence electrons. The van der Waals surface area contributed by atoms with Crippen molar-refractivity contribution in [1.29, 1.82) is 0 Å². The number of aryl methyl sites for hydroxylation is 2. The van der Waals surface area contributed by atoms with Gasteiger partial charge in [-0.15, -0.1) is 11.3 Å². The number of hydrogen-bond acceptors (Lipinski definition) is 4. The number of anilines is 2. The van der Waals surface area contributed by atoms with Crippen molar-refractivity contribution >= 4 is 22.2 Å². The van der Waals surface area contributed by atoms with Crippen molar-refractivity contribution in [1.82, 2.24) is 9.97 Å². The van der Waals surface area contributed by atoms with Crippen molar-refractivity contribution < 1.29 is 0 Å². The fourth-order valence-electron chi connectivity index (χ4n) is 2.43. The molecule has 1 N–H and O–H groups in total. The Bertz CT molecular complexity index is 765. The van der Waals surface area contributed by atoms with Crippen LogP contribution in [0.5, 0.6) is 0 Å². The zero-order valence-electron chi connectivity index (χ0n) is 13.5. The molecule has 4 heteroatoms. The Morgan fingerprint density at radius 2 is 2.04 bits per heavy atom. The lowest BCUT2D eigenvalue weighted by Gasteiger charge is -2.05. The molecule has 0 aliphatic carbocycles. The van der Waals surface area contributed by atoms with Crippen LogP contribution < -0.4 is 5.32 Å². The van der Waals surface area contributed by atoms with Crippen LogP contribution in [0, 0.1) is 6.92 Å². The van der Waals surface area contributed by atoms with E-state index >= 15 is 0 Å². The fourth-order valence-corrected chi connectivity index (χ4v) is 3.46. The predicted molar refractivity (Wildman–Crippen MR) is 98.4 cm³/mol. The average molecular weight is 323 g/mol. The minimum atomic E-state index is 0.854. The van der Waals surface area contributed by atoms with Gasteiger partial charge in [-0.2, -0.15) is 0 Å². The number of hydrogen-bond donors (Lipinski definition) is 1. The van der Waals surface area contributed by atoms with Crippen LogP contribution in [0.2, 0.25) is 0 Å². The molecule has 0 atom stereocenters. The minimum absolute atomic E-state index is 0.854. The van der Waals surface area contributed by atoms with E-state index in [1.807, 2.05) is 18.2 Å². The Morgan fingerprint density at radius 3 is 2.78 bits per heavy atom. The highest BCUT2D eigenvalue weighted by atomic mass is 32.1. The van der Waals surface area contributed by atoms with Crippen molar-refractivity contribution in [2.75, 3.05) is 5.32 Å². The van der Waals surface area contributed by atoms with Crippen molar-refractivity contribution in [2.45, 2.75) is 33.1 Å². The lowest BCUT2D eigenvalue weighted by molar-refractivity contribution is 0.790. The lowest BCUT2D eigenvalue weighted by Crippen LogP contribution is -1.92. The zero-order valence-corrected chi connectivity index (χ0v) is 14.4. The van der Waals surface area contributed by atoms with Crippen LogP contribution in [0.1, 0.15) is 30.3 Å². The largest absolute Gasteiger partial charge is 0.330 e. The first-order valence-corrected chi connectivity index (χ1v) is 8.82. The third-order valence-corrected chi connectivity index (χ3v) is 4.64. The number of aromatic nitrogens is 2. The molecule has 2 aromatic heterocycles. The Balaban J connectivity index is 1.97. The lowest BCUT2D eigenvalue weighted by atomic mass is 10.1. The van der Waals surface area contributed by atoms with Crippen molar-refractivity contribution in [2.24, 2.45) is 0 Å². The molecule has 23 heavy (non-hydrogen) atoms. The highest BCUT2D eigenvalue weighted by Gasteiger charge is 2.14. The van der Waals surface area contributed by atoms with E-state index in [1.54, 1.807) is 17.5 Å². The van der Waals surface area contributed by atoms with Gasteiger partial charge in [-0.1, -0.05) is 43.2 Å². The van der Waals surface area contributed by atoms with Crippen LogP contribution in [-0.2, 0) is 6.42 Å². The number of thiazole rings is 1. The number of nitrogens with one attached hydrogen (secondary N) is 1. The SMILES string of the molecule is CCCCc1nc(-c2cccc(C)c2)c(Nc2ccccn2)s1. The van der Waals surface area contributed by atoms with Gasteiger partial charge in [-0.05, 0) is 38.0 Å². The number of nitrogens with zero attached hydrogens (tertiary/aromatic N) is 2. The second kappa shape index (κ2) is 7.38. The van der Waals surface area contributed by atoms with Gasteiger partial charge in [0, 0.05) is 11.8 Å². The number of pyridine rings is 1. The average Bonchev–Trinajstić information content (AvgIpc) is 2.97. The number of rotatable bonds is 6. The summed E-state index contributed by atoms with van der Waals surface area (Å²) in [4.78, 5) is 9.25. The maximum Gasteiger partial charge on any atom is 0.130 e. The molecule has 0 saturated carbocycles. The van der Waals surface area contributed by atoms with Crippen molar-refractivity contribution in [3.63, 3.8) is 0 Å². The van der Waals surface area contributed by atoms with E-state index in [1.165, 1.54) is 23.4 Å². The van der Waals surface area contributed by atoms with Crippen molar-refractivity contribution in [3.05, 3.63) is 59.2 Å². The molecule has 3 nitrogen and oxygen atoms in total. The molecule has 1 aromatic carbocycles. The fraction of sp³-hybridized carbons (Fsp3) is 0.263. The molecular weight excluding hydrogens is 302 g/mol. The quantitative estimate of drug-likeness (QED) is 0.641. The summed E-state index contributed by atoms with van der Waals surface area (Å²) in [5.74, 6) is 0.854. The smallest absolute Gasteiger partial charge is 0.130 e. The molecule has 0 fully saturated rings. The van der Waals surface area contributed by atoms with E-state index in [-0.39, 0.29) is 0 Å². The highest BCUT2D eigenvalue weighted by Crippen LogP contribution is 2.35. The molecular formula is C19H21N3S. The summed E-state index contributed by atoms with van der Waals surface area (Å²) in [6.07, 6.45) is 5.18. The van der Waals surface area contributed by atoms with Crippen LogP contribution in [-0.4, -0.2) is 9.97 Å². The molecule has 0 aliphatic heterocycles. The van der Waals surface area contributed by atoms with Crippen LogP contribution in [0.25, 0.3) is 11.3 Å².